The Morgan fingerprint density at radius 1 is 1.46 bits per heavy atom. The fourth-order valence-electron chi connectivity index (χ4n) is 1.03. The van der Waals surface area contributed by atoms with Gasteiger partial charge in [0.05, 0.1) is 4.92 Å². The Hall–Kier alpha value is -0.940. The molecule has 0 aromatic heterocycles. The van der Waals surface area contributed by atoms with E-state index in [2.05, 4.69) is 5.32 Å². The van der Waals surface area contributed by atoms with E-state index in [1.54, 1.807) is 25.2 Å². The molecule has 1 N–H and O–H groups in total. The van der Waals surface area contributed by atoms with Gasteiger partial charge >= 0.3 is 0 Å². The first-order valence-corrected chi connectivity index (χ1v) is 3.62. The van der Waals surface area contributed by atoms with Crippen LogP contribution in [-0.4, -0.2) is 12.0 Å². The lowest BCUT2D eigenvalue weighted by atomic mass is 10.2. The van der Waals surface area contributed by atoms with E-state index in [1.165, 1.54) is 6.07 Å². The van der Waals surface area contributed by atoms with Crippen molar-refractivity contribution in [1.29, 1.82) is 0 Å². The summed E-state index contributed by atoms with van der Waals surface area (Å²) >= 11 is 0. The third-order valence-corrected chi connectivity index (χ3v) is 1.56. The van der Waals surface area contributed by atoms with Gasteiger partial charge < -0.3 is 5.32 Å². The molecule has 1 rings (SSSR count). The number of nitrogens with one attached hydrogen (secondary N) is 1. The molecule has 0 amide bonds. The molecular formula is C8H11BrN2O2. The molecule has 0 radical (unpaired) electrons. The van der Waals surface area contributed by atoms with Crippen LogP contribution in [0, 0.1) is 10.1 Å². The lowest BCUT2D eigenvalue weighted by Gasteiger charge is -1.99. The van der Waals surface area contributed by atoms with Crippen molar-refractivity contribution >= 4 is 22.7 Å². The predicted molar refractivity (Wildman–Crippen MR) is 56.2 cm³/mol. The first-order chi connectivity index (χ1) is 5.75. The Labute approximate surface area is 86.9 Å². The maximum absolute atomic E-state index is 10.5. The van der Waals surface area contributed by atoms with Gasteiger partial charge in [0.2, 0.25) is 0 Å². The topological polar surface area (TPSA) is 55.2 Å². The molecule has 0 heterocycles. The number of halogens is 1. The number of nitro benzene ring substituents is 1. The Morgan fingerprint density at radius 2 is 2.08 bits per heavy atom. The second kappa shape index (κ2) is 5.66. The van der Waals surface area contributed by atoms with Gasteiger partial charge in [-0.05, 0) is 7.05 Å². The van der Waals surface area contributed by atoms with Crippen molar-refractivity contribution in [1.82, 2.24) is 5.32 Å². The lowest BCUT2D eigenvalue weighted by molar-refractivity contribution is -0.385. The summed E-state index contributed by atoms with van der Waals surface area (Å²) in [6.07, 6.45) is 0. The highest BCUT2D eigenvalue weighted by Gasteiger charge is 2.10. The van der Waals surface area contributed by atoms with Gasteiger partial charge in [0.25, 0.3) is 5.69 Å². The molecule has 0 saturated carbocycles. The molecular weight excluding hydrogens is 236 g/mol. The minimum Gasteiger partial charge on any atom is -0.315 e. The Kier molecular flexibility index (Phi) is 5.25. The number of nitrogens with zero attached hydrogens (tertiary/aromatic N) is 1. The van der Waals surface area contributed by atoms with Gasteiger partial charge in [-0.25, -0.2) is 0 Å². The summed E-state index contributed by atoms with van der Waals surface area (Å²) in [5, 5.41) is 13.3. The number of nitro groups is 1. The van der Waals surface area contributed by atoms with Crippen LogP contribution >= 0.6 is 17.0 Å². The van der Waals surface area contributed by atoms with Crippen molar-refractivity contribution in [2.24, 2.45) is 0 Å². The van der Waals surface area contributed by atoms with Crippen LogP contribution in [0.2, 0.25) is 0 Å². The average Bonchev–Trinajstić information content (AvgIpc) is 2.05. The largest absolute Gasteiger partial charge is 0.315 e. The van der Waals surface area contributed by atoms with Gasteiger partial charge in [0.15, 0.2) is 0 Å². The second-order valence-corrected chi connectivity index (χ2v) is 2.42. The first kappa shape index (κ1) is 12.1. The molecule has 0 saturated heterocycles. The van der Waals surface area contributed by atoms with Gasteiger partial charge in [0, 0.05) is 18.2 Å². The quantitative estimate of drug-likeness (QED) is 0.655. The van der Waals surface area contributed by atoms with Crippen LogP contribution in [0.15, 0.2) is 24.3 Å². The molecule has 0 unspecified atom stereocenters. The number of benzene rings is 1. The Balaban J connectivity index is 0.00000144. The van der Waals surface area contributed by atoms with E-state index in [0.29, 0.717) is 12.1 Å². The number of rotatable bonds is 3. The maximum Gasteiger partial charge on any atom is 0.273 e. The fraction of sp³-hybridized carbons (Fsp3) is 0.250. The molecule has 13 heavy (non-hydrogen) atoms. The minimum absolute atomic E-state index is 0. The third-order valence-electron chi connectivity index (χ3n) is 1.56. The molecule has 0 fully saturated rings. The van der Waals surface area contributed by atoms with E-state index in [4.69, 9.17) is 0 Å². The van der Waals surface area contributed by atoms with Gasteiger partial charge in [0.1, 0.15) is 0 Å². The third kappa shape index (κ3) is 3.12. The van der Waals surface area contributed by atoms with E-state index < -0.39 is 0 Å². The zero-order valence-electron chi connectivity index (χ0n) is 7.19. The predicted octanol–water partition coefficient (Wildman–Crippen LogP) is 1.89. The van der Waals surface area contributed by atoms with Gasteiger partial charge in [-0.2, -0.15) is 0 Å². The molecule has 1 aromatic carbocycles. The van der Waals surface area contributed by atoms with Crippen molar-refractivity contribution in [3.63, 3.8) is 0 Å². The molecule has 0 atom stereocenters. The van der Waals surface area contributed by atoms with Gasteiger partial charge in [-0.3, -0.25) is 10.1 Å². The van der Waals surface area contributed by atoms with E-state index in [-0.39, 0.29) is 27.6 Å². The van der Waals surface area contributed by atoms with Gasteiger partial charge in [-0.15, -0.1) is 17.0 Å². The van der Waals surface area contributed by atoms with Crippen LogP contribution in [0.5, 0.6) is 0 Å². The number of para-hydroxylation sites is 1. The lowest BCUT2D eigenvalue weighted by Crippen LogP contribution is -2.07. The standard InChI is InChI=1S/C8H10N2O2.BrH/c1-9-6-7-4-2-3-5-8(7)10(11)12;/h2-5,9H,6H2,1H3;1H. The molecule has 72 valence electrons. The summed E-state index contributed by atoms with van der Waals surface area (Å²) in [4.78, 5) is 10.1. The van der Waals surface area contributed by atoms with Crippen molar-refractivity contribution < 1.29 is 4.92 Å². The monoisotopic (exact) mass is 246 g/mol. The maximum atomic E-state index is 10.5. The van der Waals surface area contributed by atoms with Crippen LogP contribution in [0.1, 0.15) is 5.56 Å². The highest BCUT2D eigenvalue weighted by atomic mass is 79.9. The number of hydrogen-bond donors (Lipinski definition) is 1. The van der Waals surface area contributed by atoms with Crippen LogP contribution in [-0.2, 0) is 6.54 Å². The SMILES string of the molecule is Br.CNCc1ccccc1[N+](=O)[O-]. The van der Waals surface area contributed by atoms with Crippen molar-refractivity contribution in [3.05, 3.63) is 39.9 Å². The second-order valence-electron chi connectivity index (χ2n) is 2.42. The molecule has 0 aliphatic rings. The first-order valence-electron chi connectivity index (χ1n) is 3.62. The van der Waals surface area contributed by atoms with E-state index in [0.717, 1.165) is 0 Å². The molecule has 0 spiro atoms. The van der Waals surface area contributed by atoms with Crippen molar-refractivity contribution in [3.8, 4) is 0 Å². The molecule has 0 aliphatic carbocycles. The minimum atomic E-state index is -0.368. The average molecular weight is 247 g/mol. The summed E-state index contributed by atoms with van der Waals surface area (Å²) in [7, 11) is 1.76. The highest BCUT2D eigenvalue weighted by molar-refractivity contribution is 8.93. The summed E-state index contributed by atoms with van der Waals surface area (Å²) in [5.41, 5.74) is 0.886. The normalized spacial score (nSPS) is 9.00. The van der Waals surface area contributed by atoms with E-state index in [9.17, 15) is 10.1 Å². The van der Waals surface area contributed by atoms with Crippen molar-refractivity contribution in [2.75, 3.05) is 7.05 Å². The van der Waals surface area contributed by atoms with Crippen LogP contribution in [0.25, 0.3) is 0 Å². The molecule has 4 nitrogen and oxygen atoms in total. The molecule has 5 heteroatoms. The van der Waals surface area contributed by atoms with Crippen LogP contribution in [0.4, 0.5) is 5.69 Å². The Bertz CT molecular complexity index is 291. The molecule has 0 aliphatic heterocycles. The highest BCUT2D eigenvalue weighted by Crippen LogP contribution is 2.16. The van der Waals surface area contributed by atoms with E-state index in [1.807, 2.05) is 0 Å². The Morgan fingerprint density at radius 3 is 2.62 bits per heavy atom. The van der Waals surface area contributed by atoms with E-state index >= 15 is 0 Å². The smallest absolute Gasteiger partial charge is 0.273 e. The molecule has 0 bridgehead atoms. The summed E-state index contributed by atoms with van der Waals surface area (Å²) in [6.45, 7) is 0.525. The van der Waals surface area contributed by atoms with Crippen LogP contribution in [0.3, 0.4) is 0 Å². The zero-order chi connectivity index (χ0) is 8.97. The summed E-state index contributed by atoms with van der Waals surface area (Å²) in [5.74, 6) is 0. The summed E-state index contributed by atoms with van der Waals surface area (Å²) < 4.78 is 0. The zero-order valence-corrected chi connectivity index (χ0v) is 8.90. The van der Waals surface area contributed by atoms with Gasteiger partial charge in [-0.1, -0.05) is 18.2 Å². The van der Waals surface area contributed by atoms with Crippen LogP contribution < -0.4 is 5.32 Å². The molecule has 1 aromatic rings. The fourth-order valence-corrected chi connectivity index (χ4v) is 1.03. The summed E-state index contributed by atoms with van der Waals surface area (Å²) in [6, 6.07) is 6.71. The number of hydrogen-bond acceptors (Lipinski definition) is 3. The van der Waals surface area contributed by atoms with Crippen molar-refractivity contribution in [2.45, 2.75) is 6.54 Å².